The van der Waals surface area contributed by atoms with Gasteiger partial charge in [-0.25, -0.2) is 0 Å². The van der Waals surface area contributed by atoms with Crippen LogP contribution in [0.25, 0.3) is 20.2 Å². The van der Waals surface area contributed by atoms with E-state index in [-0.39, 0.29) is 0 Å². The second-order valence-electron chi connectivity index (χ2n) is 14.3. The van der Waals surface area contributed by atoms with Gasteiger partial charge in [0.05, 0.1) is 39.0 Å². The van der Waals surface area contributed by atoms with Crippen LogP contribution in [0.1, 0.15) is 174 Å². The van der Waals surface area contributed by atoms with Gasteiger partial charge in [0.1, 0.15) is 0 Å². The highest BCUT2D eigenvalue weighted by Crippen LogP contribution is 2.39. The third-order valence-electron chi connectivity index (χ3n) is 10.1. The van der Waals surface area contributed by atoms with Crippen molar-refractivity contribution in [1.82, 2.24) is 0 Å². The first-order chi connectivity index (χ1) is 25.6. The second kappa shape index (κ2) is 23.2. The zero-order chi connectivity index (χ0) is 36.4. The summed E-state index contributed by atoms with van der Waals surface area (Å²) in [6.45, 7) is 4.57. The van der Waals surface area contributed by atoms with Gasteiger partial charge in [0.2, 0.25) is 0 Å². The molecule has 0 spiro atoms. The number of rotatable bonds is 22. The first-order valence-corrected chi connectivity index (χ1v) is 24.2. The summed E-state index contributed by atoms with van der Waals surface area (Å²) in [4.78, 5) is 2.23. The van der Waals surface area contributed by atoms with E-state index in [1.54, 1.807) is 45.3 Å². The largest absolute Gasteiger partial charge is 0.142 e. The molecule has 0 atom stereocenters. The maximum absolute atomic E-state index is 6.56. The van der Waals surface area contributed by atoms with Crippen LogP contribution >= 0.6 is 68.5 Å². The third kappa shape index (κ3) is 12.7. The molecule has 0 radical (unpaired) electrons. The molecule has 0 fully saturated rings. The lowest BCUT2D eigenvalue weighted by Crippen LogP contribution is -1.88. The summed E-state index contributed by atoms with van der Waals surface area (Å²) in [5, 5.41) is 6.76. The Morgan fingerprint density at radius 3 is 1.17 bits per heavy atom. The Morgan fingerprint density at radius 2 is 0.808 bits per heavy atom. The minimum absolute atomic E-state index is 0.833. The van der Waals surface area contributed by atoms with Crippen molar-refractivity contribution in [2.75, 3.05) is 0 Å². The smallest absolute Gasteiger partial charge is 0.0944 e. The lowest BCUT2D eigenvalue weighted by atomic mass is 10.0. The fourth-order valence-electron chi connectivity index (χ4n) is 7.11. The molecule has 6 heteroatoms. The van der Waals surface area contributed by atoms with Crippen LogP contribution < -0.4 is 0 Å². The molecule has 4 aromatic heterocycles. The highest BCUT2D eigenvalue weighted by atomic mass is 35.5. The van der Waals surface area contributed by atoms with Crippen molar-refractivity contribution >= 4 is 88.7 Å². The van der Waals surface area contributed by atoms with Gasteiger partial charge in [0.15, 0.2) is 0 Å². The number of aryl methyl sites for hydroxylation is 2. The molecule has 1 aromatic carbocycles. The van der Waals surface area contributed by atoms with E-state index >= 15 is 0 Å². The molecule has 4 heterocycles. The second-order valence-corrected chi connectivity index (χ2v) is 19.4. The van der Waals surface area contributed by atoms with Crippen molar-refractivity contribution < 1.29 is 0 Å². The Kier molecular flexibility index (Phi) is 18.5. The van der Waals surface area contributed by atoms with E-state index in [0.29, 0.717) is 0 Å². The van der Waals surface area contributed by atoms with E-state index in [1.165, 1.54) is 160 Å². The average Bonchev–Trinajstić information content (AvgIpc) is 3.95. The van der Waals surface area contributed by atoms with Gasteiger partial charge >= 0.3 is 0 Å². The zero-order valence-electron chi connectivity index (χ0n) is 31.4. The minimum atomic E-state index is 0.833. The predicted molar refractivity (Wildman–Crippen MR) is 239 cm³/mol. The average molecular weight is 808 g/mol. The molecule has 0 unspecified atom stereocenters. The van der Waals surface area contributed by atoms with Crippen molar-refractivity contribution in [1.29, 1.82) is 0 Å². The van der Waals surface area contributed by atoms with E-state index in [1.807, 2.05) is 0 Å². The van der Waals surface area contributed by atoms with Gasteiger partial charge in [0, 0.05) is 10.8 Å². The summed E-state index contributed by atoms with van der Waals surface area (Å²) in [6.07, 6.45) is 29.0. The fraction of sp³-hybridized carbons (Fsp3) is 0.522. The molecule has 5 aromatic rings. The summed E-state index contributed by atoms with van der Waals surface area (Å²) >= 11 is 19.9. The Bertz CT molecular complexity index is 1740. The number of benzene rings is 1. The van der Waals surface area contributed by atoms with Crippen molar-refractivity contribution in [3.05, 3.63) is 75.7 Å². The van der Waals surface area contributed by atoms with Crippen LogP contribution in [-0.2, 0) is 12.8 Å². The molecule has 0 aliphatic heterocycles. The molecular formula is C46H56Cl2S4. The minimum Gasteiger partial charge on any atom is -0.142 e. The highest BCUT2D eigenvalue weighted by Gasteiger charge is 2.15. The van der Waals surface area contributed by atoms with Crippen LogP contribution in [-0.4, -0.2) is 0 Å². The summed E-state index contributed by atoms with van der Waals surface area (Å²) in [7, 11) is 0. The molecule has 278 valence electrons. The van der Waals surface area contributed by atoms with Crippen molar-refractivity contribution in [3.63, 3.8) is 0 Å². The topological polar surface area (TPSA) is 0 Å². The van der Waals surface area contributed by atoms with E-state index in [9.17, 15) is 0 Å². The van der Waals surface area contributed by atoms with E-state index < -0.39 is 0 Å². The van der Waals surface area contributed by atoms with Crippen LogP contribution in [0, 0.1) is 23.7 Å². The van der Waals surface area contributed by atoms with Gasteiger partial charge in [0.25, 0.3) is 0 Å². The molecule has 0 bridgehead atoms. The Hall–Kier alpha value is -1.76. The van der Waals surface area contributed by atoms with Crippen molar-refractivity contribution in [2.45, 2.75) is 155 Å². The molecule has 0 saturated heterocycles. The number of fused-ring (bicyclic) bond motifs is 2. The molecule has 5 rings (SSSR count). The standard InChI is InChI=1S/C46H56Cl2S4/c1-3-5-7-9-11-13-15-17-19-21-23-35-33-43(47)51-41(35)27-25-37-39-29-31-50-46(39)38(40-30-32-49-45(37)40)26-28-42-36(34-44(48)52-42)24-22-20-18-16-14-12-10-8-6-4-2/h29-34H,3-24H2,1-2H3. The van der Waals surface area contributed by atoms with Gasteiger partial charge in [-0.2, -0.15) is 0 Å². The number of thiophene rings is 4. The van der Waals surface area contributed by atoms with Crippen LogP contribution in [0.5, 0.6) is 0 Å². The van der Waals surface area contributed by atoms with E-state index in [4.69, 9.17) is 23.2 Å². The van der Waals surface area contributed by atoms with Gasteiger partial charge < -0.3 is 0 Å². The van der Waals surface area contributed by atoms with Crippen molar-refractivity contribution in [3.8, 4) is 23.7 Å². The lowest BCUT2D eigenvalue weighted by molar-refractivity contribution is 0.556. The van der Waals surface area contributed by atoms with E-state index in [0.717, 1.165) is 42.4 Å². The van der Waals surface area contributed by atoms with Crippen LogP contribution in [0.15, 0.2) is 35.0 Å². The molecule has 0 aliphatic carbocycles. The molecule has 52 heavy (non-hydrogen) atoms. The van der Waals surface area contributed by atoms with E-state index in [2.05, 4.69) is 72.6 Å². The fourth-order valence-corrected chi connectivity index (χ4v) is 11.2. The number of hydrogen-bond acceptors (Lipinski definition) is 4. The number of unbranched alkanes of at least 4 members (excludes halogenated alkanes) is 18. The maximum atomic E-state index is 6.56. The first-order valence-electron chi connectivity index (χ1n) is 20.1. The summed E-state index contributed by atoms with van der Waals surface area (Å²) in [6, 6.07) is 8.73. The quantitative estimate of drug-likeness (QED) is 0.0483. The van der Waals surface area contributed by atoms with Gasteiger partial charge in [-0.3, -0.25) is 0 Å². The molecule has 0 saturated carbocycles. The highest BCUT2D eigenvalue weighted by molar-refractivity contribution is 7.19. The normalized spacial score (nSPS) is 11.3. The molecular weight excluding hydrogens is 752 g/mol. The SMILES string of the molecule is CCCCCCCCCCCCc1cc(Cl)sc1C#Cc1c2ccsc2c(C#Cc2sc(Cl)cc2CCCCCCCCCCCC)c2ccsc12. The predicted octanol–water partition coefficient (Wildman–Crippen LogP) is 17.3. The summed E-state index contributed by atoms with van der Waals surface area (Å²) < 4.78 is 4.10. The lowest BCUT2D eigenvalue weighted by Gasteiger charge is -2.04. The van der Waals surface area contributed by atoms with Gasteiger partial charge in [-0.05, 0) is 71.8 Å². The van der Waals surface area contributed by atoms with Gasteiger partial charge in [-0.15, -0.1) is 45.3 Å². The Morgan fingerprint density at radius 1 is 0.462 bits per heavy atom. The molecule has 0 N–H and O–H groups in total. The Labute approximate surface area is 340 Å². The number of hydrogen-bond donors (Lipinski definition) is 0. The monoisotopic (exact) mass is 806 g/mol. The third-order valence-corrected chi connectivity index (χ3v) is 14.4. The van der Waals surface area contributed by atoms with Crippen LogP contribution in [0.2, 0.25) is 8.67 Å². The van der Waals surface area contributed by atoms with Crippen LogP contribution in [0.4, 0.5) is 0 Å². The molecule has 0 aliphatic rings. The zero-order valence-corrected chi connectivity index (χ0v) is 36.2. The first kappa shape index (κ1) is 41.4. The summed E-state index contributed by atoms with van der Waals surface area (Å²) in [5.41, 5.74) is 4.83. The van der Waals surface area contributed by atoms with Gasteiger partial charge in [-0.1, -0.05) is 176 Å². The molecule has 0 amide bonds. The van der Waals surface area contributed by atoms with Crippen LogP contribution in [0.3, 0.4) is 0 Å². The molecule has 0 nitrogen and oxygen atoms in total. The Balaban J connectivity index is 1.23. The maximum Gasteiger partial charge on any atom is 0.0944 e. The number of halogens is 2. The van der Waals surface area contributed by atoms with Crippen molar-refractivity contribution in [2.24, 2.45) is 0 Å². The summed E-state index contributed by atoms with van der Waals surface area (Å²) in [5.74, 6) is 14.4.